The Morgan fingerprint density at radius 1 is 1.55 bits per heavy atom. The summed E-state index contributed by atoms with van der Waals surface area (Å²) in [5.41, 5.74) is 0. The van der Waals surface area contributed by atoms with Crippen molar-refractivity contribution in [1.82, 2.24) is 9.44 Å². The van der Waals surface area contributed by atoms with Gasteiger partial charge in [0.2, 0.25) is 5.91 Å². The summed E-state index contributed by atoms with van der Waals surface area (Å²) in [6.45, 7) is 0. The topological polar surface area (TPSA) is 41.1 Å². The van der Waals surface area contributed by atoms with Crippen molar-refractivity contribution < 1.29 is 4.79 Å². The Kier molecular flexibility index (Phi) is 8.95. The Balaban J connectivity index is 2.95. The largest absolute Gasteiger partial charge is 0.359 e. The lowest BCUT2D eigenvalue weighted by molar-refractivity contribution is -0.120. The van der Waals surface area contributed by atoms with Gasteiger partial charge in [-0.3, -0.25) is 4.79 Å². The summed E-state index contributed by atoms with van der Waals surface area (Å²) in [5.74, 6) is 0.944. The van der Waals surface area contributed by atoms with Crippen LogP contribution in [0.5, 0.6) is 0 Å². The van der Waals surface area contributed by atoms with Crippen molar-refractivity contribution >= 4 is 39.6 Å². The van der Waals surface area contributed by atoms with Crippen LogP contribution in [0.15, 0.2) is 0 Å². The molecule has 11 heavy (non-hydrogen) atoms. The number of hydrogen-bond donors (Lipinski definition) is 2. The first-order valence-corrected chi connectivity index (χ1v) is 6.62. The highest BCUT2D eigenvalue weighted by atomic mass is 33.1. The average Bonchev–Trinajstić information content (AvgIpc) is 2.04. The van der Waals surface area contributed by atoms with E-state index in [-0.39, 0.29) is 5.91 Å². The smallest absolute Gasteiger partial charge is 0.220 e. The molecule has 0 rings (SSSR count). The maximum Gasteiger partial charge on any atom is 0.220 e. The van der Waals surface area contributed by atoms with E-state index in [2.05, 4.69) is 9.44 Å². The Morgan fingerprint density at radius 2 is 2.27 bits per heavy atom. The molecule has 0 aromatic rings. The highest BCUT2D eigenvalue weighted by Crippen LogP contribution is 2.19. The van der Waals surface area contributed by atoms with Gasteiger partial charge in [0.1, 0.15) is 0 Å². The monoisotopic (exact) mass is 212 g/mol. The van der Waals surface area contributed by atoms with Gasteiger partial charge in [0.05, 0.1) is 0 Å². The zero-order valence-electron chi connectivity index (χ0n) is 6.55. The molecular formula is C5H12N2OS3. The minimum Gasteiger partial charge on any atom is -0.359 e. The predicted octanol–water partition coefficient (Wildman–Crippen LogP) is 1.29. The van der Waals surface area contributed by atoms with E-state index in [1.807, 2.05) is 6.26 Å². The quantitative estimate of drug-likeness (QED) is 0.394. The van der Waals surface area contributed by atoms with Gasteiger partial charge in [0, 0.05) is 19.2 Å². The second kappa shape index (κ2) is 8.58. The molecule has 0 saturated carbocycles. The van der Waals surface area contributed by atoms with Crippen LogP contribution in [0.25, 0.3) is 0 Å². The van der Waals surface area contributed by atoms with Crippen molar-refractivity contribution in [2.24, 2.45) is 0 Å². The van der Waals surface area contributed by atoms with Crippen molar-refractivity contribution in [1.29, 1.82) is 0 Å². The molecule has 1 amide bonds. The minimum atomic E-state index is 0.0993. The average molecular weight is 212 g/mol. The molecule has 0 bridgehead atoms. The third-order valence-corrected chi connectivity index (χ3v) is 3.76. The molecule has 3 nitrogen and oxygen atoms in total. The Hall–Kier alpha value is 0.480. The molecule has 0 aliphatic heterocycles. The van der Waals surface area contributed by atoms with Gasteiger partial charge in [-0.05, 0) is 17.2 Å². The second-order valence-electron chi connectivity index (χ2n) is 1.62. The fourth-order valence-electron chi connectivity index (χ4n) is 0.359. The molecule has 2 N–H and O–H groups in total. The van der Waals surface area contributed by atoms with Crippen molar-refractivity contribution in [2.75, 3.05) is 19.1 Å². The molecule has 0 saturated heterocycles. The third kappa shape index (κ3) is 8.39. The van der Waals surface area contributed by atoms with E-state index in [0.717, 1.165) is 5.75 Å². The molecule has 0 atom stereocenters. The van der Waals surface area contributed by atoms with Crippen LogP contribution in [0.4, 0.5) is 0 Å². The number of hydrogen-bond acceptors (Lipinski definition) is 5. The summed E-state index contributed by atoms with van der Waals surface area (Å²) in [7, 11) is 4.85. The molecule has 66 valence electrons. The van der Waals surface area contributed by atoms with Crippen LogP contribution in [-0.2, 0) is 4.79 Å². The van der Waals surface area contributed by atoms with Gasteiger partial charge in [-0.2, -0.15) is 4.13 Å². The first-order chi connectivity index (χ1) is 5.31. The van der Waals surface area contributed by atoms with Crippen molar-refractivity contribution in [3.8, 4) is 0 Å². The van der Waals surface area contributed by atoms with Crippen LogP contribution in [0.1, 0.15) is 6.42 Å². The van der Waals surface area contributed by atoms with Crippen LogP contribution < -0.4 is 9.44 Å². The summed E-state index contributed by atoms with van der Waals surface area (Å²) in [4.78, 5) is 10.7. The summed E-state index contributed by atoms with van der Waals surface area (Å²) in [6.07, 6.45) is 2.55. The van der Waals surface area contributed by atoms with E-state index in [0.29, 0.717) is 6.42 Å². The van der Waals surface area contributed by atoms with E-state index < -0.39 is 0 Å². The number of amides is 1. The van der Waals surface area contributed by atoms with Gasteiger partial charge < -0.3 is 5.32 Å². The molecule has 0 heterocycles. The Labute approximate surface area is 79.5 Å². The molecular weight excluding hydrogens is 200 g/mol. The summed E-state index contributed by atoms with van der Waals surface area (Å²) >= 11 is 1.56. The molecule has 0 aromatic heterocycles. The first kappa shape index (κ1) is 11.5. The van der Waals surface area contributed by atoms with Crippen LogP contribution >= 0.6 is 33.7 Å². The van der Waals surface area contributed by atoms with E-state index in [1.54, 1.807) is 40.8 Å². The van der Waals surface area contributed by atoms with E-state index in [9.17, 15) is 4.79 Å². The highest BCUT2D eigenvalue weighted by Gasteiger charge is 1.96. The van der Waals surface area contributed by atoms with Gasteiger partial charge in [-0.25, -0.2) is 0 Å². The summed E-state index contributed by atoms with van der Waals surface area (Å²) in [6, 6.07) is 0. The van der Waals surface area contributed by atoms with E-state index in [1.165, 1.54) is 0 Å². The maximum atomic E-state index is 10.7. The van der Waals surface area contributed by atoms with Gasteiger partial charge in [0.15, 0.2) is 0 Å². The number of nitrogens with one attached hydrogen (secondary N) is 2. The lowest BCUT2D eigenvalue weighted by Gasteiger charge is -1.98. The Morgan fingerprint density at radius 3 is 2.82 bits per heavy atom. The van der Waals surface area contributed by atoms with Gasteiger partial charge >= 0.3 is 0 Å². The van der Waals surface area contributed by atoms with Crippen molar-refractivity contribution in [2.45, 2.75) is 6.42 Å². The lowest BCUT2D eigenvalue weighted by Crippen LogP contribution is -2.17. The van der Waals surface area contributed by atoms with Gasteiger partial charge in [0.25, 0.3) is 0 Å². The molecule has 0 aromatic carbocycles. The number of carbonyl (C=O) groups excluding carboxylic acids is 1. The predicted molar refractivity (Wildman–Crippen MR) is 55.4 cm³/mol. The van der Waals surface area contributed by atoms with Crippen molar-refractivity contribution in [3.05, 3.63) is 0 Å². The fraction of sp³-hybridized carbons (Fsp3) is 0.800. The highest BCUT2D eigenvalue weighted by molar-refractivity contribution is 8.77. The molecule has 6 heteroatoms. The zero-order valence-corrected chi connectivity index (χ0v) is 9.00. The number of rotatable bonds is 6. The molecule has 0 spiro atoms. The maximum absolute atomic E-state index is 10.7. The van der Waals surface area contributed by atoms with E-state index in [4.69, 9.17) is 0 Å². The standard InChI is InChI=1S/C5H12N2OS3/c1-6-5(8)3-4-10-11-7-9-2/h7H,3-4H2,1-2H3,(H,6,8). The number of carbonyl (C=O) groups is 1. The van der Waals surface area contributed by atoms with Gasteiger partial charge in [-0.15, -0.1) is 0 Å². The molecule has 0 radical (unpaired) electrons. The van der Waals surface area contributed by atoms with Crippen LogP contribution in [-0.4, -0.2) is 25.0 Å². The zero-order chi connectivity index (χ0) is 8.53. The lowest BCUT2D eigenvalue weighted by atomic mass is 10.5. The molecule has 0 aliphatic carbocycles. The Bertz CT molecular complexity index is 112. The molecule has 0 fully saturated rings. The summed E-state index contributed by atoms with van der Waals surface area (Å²) < 4.78 is 3.00. The molecule has 0 unspecified atom stereocenters. The minimum absolute atomic E-state index is 0.0993. The molecule has 0 aliphatic rings. The third-order valence-electron chi connectivity index (χ3n) is 0.868. The first-order valence-electron chi connectivity index (χ1n) is 3.08. The summed E-state index contributed by atoms with van der Waals surface area (Å²) in [5, 5.41) is 2.57. The second-order valence-corrected chi connectivity index (χ2v) is 4.71. The van der Waals surface area contributed by atoms with Gasteiger partial charge in [-0.1, -0.05) is 22.7 Å². The van der Waals surface area contributed by atoms with Crippen LogP contribution in [0, 0.1) is 0 Å². The van der Waals surface area contributed by atoms with E-state index >= 15 is 0 Å². The SMILES string of the molecule is CNC(=O)CCSSNSC. The van der Waals surface area contributed by atoms with Crippen LogP contribution in [0.3, 0.4) is 0 Å². The normalized spacial score (nSPS) is 9.64. The van der Waals surface area contributed by atoms with Crippen LogP contribution in [0.2, 0.25) is 0 Å². The van der Waals surface area contributed by atoms with Crippen molar-refractivity contribution in [3.63, 3.8) is 0 Å². The fourth-order valence-corrected chi connectivity index (χ4v) is 2.72.